The van der Waals surface area contributed by atoms with Crippen LogP contribution in [0.25, 0.3) is 0 Å². The van der Waals surface area contributed by atoms with E-state index in [4.69, 9.17) is 15.3 Å². The molecule has 0 amide bonds. The maximum atomic E-state index is 10.0. The molecule has 1 rings (SSSR count). The van der Waals surface area contributed by atoms with Gasteiger partial charge in [-0.25, -0.2) is 0 Å². The Morgan fingerprint density at radius 3 is 2.41 bits per heavy atom. The second-order valence-electron chi connectivity index (χ2n) is 3.91. The van der Waals surface area contributed by atoms with Crippen molar-refractivity contribution in [1.29, 1.82) is 0 Å². The van der Waals surface area contributed by atoms with Gasteiger partial charge in [0.15, 0.2) is 0 Å². The molecule has 6 nitrogen and oxygen atoms in total. The third-order valence-corrected chi connectivity index (χ3v) is 2.56. The van der Waals surface area contributed by atoms with E-state index in [2.05, 4.69) is 10.3 Å². The number of hydrazine groups is 1. The third kappa shape index (κ3) is 9.01. The summed E-state index contributed by atoms with van der Waals surface area (Å²) in [5.41, 5.74) is 2.75. The summed E-state index contributed by atoms with van der Waals surface area (Å²) >= 11 is 0. The fourth-order valence-corrected chi connectivity index (χ4v) is 1.63. The summed E-state index contributed by atoms with van der Waals surface area (Å²) in [5, 5.41) is 10.0. The van der Waals surface area contributed by atoms with Crippen molar-refractivity contribution in [1.82, 2.24) is 10.3 Å². The summed E-state index contributed by atoms with van der Waals surface area (Å²) in [4.78, 5) is 2.34. The molecule has 0 unspecified atom stereocenters. The van der Waals surface area contributed by atoms with Crippen molar-refractivity contribution in [2.24, 2.45) is 5.84 Å². The van der Waals surface area contributed by atoms with E-state index in [0.29, 0.717) is 19.3 Å². The molecule has 1 fully saturated rings. The monoisotopic (exact) mass is 271 g/mol. The molecular formula is C10H22KN3O3. The zero-order chi connectivity index (χ0) is 11.6. The molecule has 1 aliphatic rings. The Bertz CT molecular complexity index is 171. The van der Waals surface area contributed by atoms with Gasteiger partial charge in [-0.15, -0.1) is 6.61 Å². The molecule has 0 aromatic heterocycles. The summed E-state index contributed by atoms with van der Waals surface area (Å²) in [6.45, 7) is 5.07. The second-order valence-corrected chi connectivity index (χ2v) is 3.91. The molecule has 96 valence electrons. The average molecular weight is 271 g/mol. The summed E-state index contributed by atoms with van der Waals surface area (Å²) in [5.74, 6) is 5.29. The number of ether oxygens (including phenoxy) is 2. The maximum absolute atomic E-state index is 10.0. The van der Waals surface area contributed by atoms with Crippen molar-refractivity contribution in [2.75, 3.05) is 52.7 Å². The van der Waals surface area contributed by atoms with Gasteiger partial charge in [0.1, 0.15) is 0 Å². The molecular weight excluding hydrogens is 249 g/mol. The van der Waals surface area contributed by atoms with Gasteiger partial charge in [0.25, 0.3) is 0 Å². The minimum Gasteiger partial charge on any atom is -0.853 e. The normalized spacial score (nSPS) is 16.6. The Hall–Kier alpha value is 1.40. The predicted molar refractivity (Wildman–Crippen MR) is 58.7 cm³/mol. The topological polar surface area (TPSA) is 82.8 Å². The van der Waals surface area contributed by atoms with Gasteiger partial charge in [-0.1, -0.05) is 0 Å². The Morgan fingerprint density at radius 2 is 1.82 bits per heavy atom. The van der Waals surface area contributed by atoms with Crippen LogP contribution in [0.2, 0.25) is 0 Å². The molecule has 0 spiro atoms. The fraction of sp³-hybridized carbons (Fsp3) is 1.00. The van der Waals surface area contributed by atoms with E-state index in [1.54, 1.807) is 0 Å². The second kappa shape index (κ2) is 12.4. The van der Waals surface area contributed by atoms with Crippen LogP contribution in [-0.4, -0.2) is 63.6 Å². The molecule has 0 aromatic rings. The van der Waals surface area contributed by atoms with Crippen molar-refractivity contribution in [3.05, 3.63) is 0 Å². The zero-order valence-corrected chi connectivity index (χ0v) is 13.8. The van der Waals surface area contributed by atoms with E-state index in [9.17, 15) is 5.11 Å². The standard InChI is InChI=1S/C10H22N3O3.K/c11-12-10-8-13(9-10)2-1-4-15-6-7-16-5-3-14;/h10,12H,1-9,11H2;/q-1;+1. The number of nitrogens with one attached hydrogen (secondary N) is 1. The van der Waals surface area contributed by atoms with Crippen molar-refractivity contribution in [2.45, 2.75) is 12.5 Å². The van der Waals surface area contributed by atoms with Crippen LogP contribution in [0.4, 0.5) is 0 Å². The first-order valence-corrected chi connectivity index (χ1v) is 5.79. The summed E-state index contributed by atoms with van der Waals surface area (Å²) < 4.78 is 10.4. The molecule has 0 aromatic carbocycles. The van der Waals surface area contributed by atoms with E-state index >= 15 is 0 Å². The number of nitrogens with zero attached hydrogens (tertiary/aromatic N) is 1. The molecule has 3 N–H and O–H groups in total. The van der Waals surface area contributed by atoms with E-state index in [0.717, 1.165) is 32.7 Å². The molecule has 1 aliphatic heterocycles. The zero-order valence-electron chi connectivity index (χ0n) is 10.7. The molecule has 0 saturated carbocycles. The van der Waals surface area contributed by atoms with Crippen molar-refractivity contribution in [3.8, 4) is 0 Å². The van der Waals surface area contributed by atoms with Crippen LogP contribution in [0.15, 0.2) is 0 Å². The largest absolute Gasteiger partial charge is 1.00 e. The van der Waals surface area contributed by atoms with E-state index in [1.165, 1.54) is 0 Å². The van der Waals surface area contributed by atoms with Crippen LogP contribution >= 0.6 is 0 Å². The van der Waals surface area contributed by atoms with Gasteiger partial charge in [-0.3, -0.25) is 16.2 Å². The molecule has 17 heavy (non-hydrogen) atoms. The number of nitrogens with two attached hydrogens (primary N) is 1. The average Bonchev–Trinajstić information content (AvgIpc) is 2.24. The summed E-state index contributed by atoms with van der Waals surface area (Å²) in [6, 6.07) is 0.460. The Labute approximate surface area is 146 Å². The number of likely N-dealkylation sites (tertiary alicyclic amines) is 1. The fourth-order valence-electron chi connectivity index (χ4n) is 1.63. The molecule has 0 radical (unpaired) electrons. The number of hydrogen-bond acceptors (Lipinski definition) is 6. The van der Waals surface area contributed by atoms with Crippen LogP contribution in [0.1, 0.15) is 6.42 Å². The van der Waals surface area contributed by atoms with E-state index < -0.39 is 0 Å². The van der Waals surface area contributed by atoms with Gasteiger partial charge in [0.2, 0.25) is 0 Å². The molecule has 0 aliphatic carbocycles. The maximum Gasteiger partial charge on any atom is 1.00 e. The Balaban J connectivity index is 0.00000256. The molecule has 0 bridgehead atoms. The molecule has 1 heterocycles. The summed E-state index contributed by atoms with van der Waals surface area (Å²) in [6.07, 6.45) is 1.03. The minimum absolute atomic E-state index is 0. The van der Waals surface area contributed by atoms with Gasteiger partial charge in [0, 0.05) is 38.9 Å². The molecule has 1 saturated heterocycles. The van der Waals surface area contributed by atoms with Crippen molar-refractivity contribution < 1.29 is 66.0 Å². The van der Waals surface area contributed by atoms with Crippen LogP contribution in [0.5, 0.6) is 0 Å². The SMILES string of the molecule is NNC1CN(CCCOCCOCC[O-])C1.[K+]. The Kier molecular flexibility index (Phi) is 13.5. The van der Waals surface area contributed by atoms with Gasteiger partial charge >= 0.3 is 51.4 Å². The first-order valence-electron chi connectivity index (χ1n) is 5.79. The first kappa shape index (κ1) is 18.4. The first-order chi connectivity index (χ1) is 7.86. The third-order valence-electron chi connectivity index (χ3n) is 2.56. The van der Waals surface area contributed by atoms with Crippen molar-refractivity contribution >= 4 is 0 Å². The van der Waals surface area contributed by atoms with Gasteiger partial charge in [0.05, 0.1) is 13.2 Å². The Morgan fingerprint density at radius 1 is 1.18 bits per heavy atom. The van der Waals surface area contributed by atoms with Crippen LogP contribution < -0.4 is 67.8 Å². The minimum atomic E-state index is -0.175. The number of hydrogen-bond donors (Lipinski definition) is 2. The summed E-state index contributed by atoms with van der Waals surface area (Å²) in [7, 11) is 0. The smallest absolute Gasteiger partial charge is 0.853 e. The van der Waals surface area contributed by atoms with Crippen LogP contribution in [0.3, 0.4) is 0 Å². The van der Waals surface area contributed by atoms with Gasteiger partial charge < -0.3 is 14.6 Å². The van der Waals surface area contributed by atoms with Crippen molar-refractivity contribution in [3.63, 3.8) is 0 Å². The van der Waals surface area contributed by atoms with E-state index in [-0.39, 0.29) is 64.6 Å². The quantitative estimate of drug-likeness (QED) is 0.179. The van der Waals surface area contributed by atoms with Crippen LogP contribution in [0, 0.1) is 0 Å². The predicted octanol–water partition coefficient (Wildman–Crippen LogP) is -5.08. The van der Waals surface area contributed by atoms with Crippen LogP contribution in [-0.2, 0) is 9.47 Å². The molecule has 7 heteroatoms. The van der Waals surface area contributed by atoms with E-state index in [1.807, 2.05) is 0 Å². The molecule has 0 atom stereocenters. The van der Waals surface area contributed by atoms with Gasteiger partial charge in [-0.2, -0.15) is 0 Å². The number of rotatable bonds is 10. The van der Waals surface area contributed by atoms with Gasteiger partial charge in [-0.05, 0) is 6.42 Å².